The first-order valence-electron chi connectivity index (χ1n) is 3.33. The molecule has 0 aromatic rings. The van der Waals surface area contributed by atoms with E-state index in [4.69, 9.17) is 1.37 Å². The molecule has 0 aliphatic heterocycles. The van der Waals surface area contributed by atoms with E-state index in [0.29, 0.717) is 6.90 Å². The predicted octanol–water partition coefficient (Wildman–Crippen LogP) is 2.05. The van der Waals surface area contributed by atoms with Crippen LogP contribution < -0.4 is 0 Å². The topological polar surface area (TPSA) is 0 Å². The van der Waals surface area contributed by atoms with Crippen LogP contribution in [0.2, 0.25) is 0 Å². The third kappa shape index (κ3) is 0.562. The van der Waals surface area contributed by atoms with Crippen LogP contribution in [0, 0.1) is 11.8 Å². The van der Waals surface area contributed by atoms with E-state index in [1.54, 1.807) is 0 Å². The number of hydrogen-bond acceptors (Lipinski definition) is 0. The second-order valence-corrected chi connectivity index (χ2v) is 2.44. The number of hydrogen-bond donors (Lipinski definition) is 0. The molecule has 1 rings (SSSR count). The summed E-state index contributed by atoms with van der Waals surface area (Å²) in [5.41, 5.74) is 0. The van der Waals surface area contributed by atoms with Gasteiger partial charge in [-0.05, 0) is 24.7 Å². The van der Waals surface area contributed by atoms with Crippen molar-refractivity contribution in [1.82, 2.24) is 0 Å². The van der Waals surface area contributed by atoms with E-state index in [9.17, 15) is 0 Å². The zero-order valence-electron chi connectivity index (χ0n) is 5.28. The summed E-state index contributed by atoms with van der Waals surface area (Å²) in [5.74, 6) is 1.69. The van der Waals surface area contributed by atoms with Gasteiger partial charge in [0.15, 0.2) is 0 Å². The first kappa shape index (κ1) is 3.06. The quantitative estimate of drug-likeness (QED) is 0.423. The Morgan fingerprint density at radius 3 is 2.33 bits per heavy atom. The van der Waals surface area contributed by atoms with Gasteiger partial charge in [-0.2, -0.15) is 0 Å². The molecule has 0 atom stereocenters. The van der Waals surface area contributed by atoms with Crippen LogP contribution >= 0.6 is 0 Å². The Morgan fingerprint density at radius 1 is 1.50 bits per heavy atom. The summed E-state index contributed by atoms with van der Waals surface area (Å²) in [4.78, 5) is 0. The van der Waals surface area contributed by atoms with Crippen molar-refractivity contribution >= 4 is 0 Å². The Balaban J connectivity index is 2.06. The van der Waals surface area contributed by atoms with Gasteiger partial charge in [-0.25, -0.2) is 0 Å². The summed E-state index contributed by atoms with van der Waals surface area (Å²) >= 11 is 0. The molecule has 0 spiro atoms. The highest BCUT2D eigenvalue weighted by Gasteiger charge is 2.19. The fourth-order valence-corrected chi connectivity index (χ4v) is 1.07. The van der Waals surface area contributed by atoms with Crippen LogP contribution in [0.5, 0.6) is 0 Å². The third-order valence-corrected chi connectivity index (χ3v) is 1.47. The number of rotatable bonds is 0. The second kappa shape index (κ2) is 1.25. The van der Waals surface area contributed by atoms with Gasteiger partial charge in [-0.1, -0.05) is 13.8 Å². The monoisotopic (exact) mass is 86.1 g/mol. The lowest BCUT2D eigenvalue weighted by Gasteiger charge is -2.28. The molecule has 0 heterocycles. The fraction of sp³-hybridized carbons (Fsp3) is 1.00. The van der Waals surface area contributed by atoms with Gasteiger partial charge < -0.3 is 0 Å². The molecule has 0 N–H and O–H groups in total. The van der Waals surface area contributed by atoms with Gasteiger partial charge >= 0.3 is 0 Å². The maximum absolute atomic E-state index is 6.95. The molecule has 0 saturated heterocycles. The molecule has 1 aliphatic carbocycles. The molecule has 1 fully saturated rings. The fourth-order valence-electron chi connectivity index (χ4n) is 1.07. The van der Waals surface area contributed by atoms with E-state index in [0.717, 1.165) is 11.8 Å². The lowest BCUT2D eigenvalue weighted by Crippen LogP contribution is -2.16. The first-order chi connectivity index (χ1) is 3.33. The largest absolute Gasteiger partial charge is 0.0625 e. The molecule has 1 saturated carbocycles. The van der Waals surface area contributed by atoms with Crippen molar-refractivity contribution in [3.8, 4) is 0 Å². The van der Waals surface area contributed by atoms with E-state index in [1.165, 1.54) is 12.8 Å². The molecule has 0 radical (unpaired) electrons. The van der Waals surface area contributed by atoms with E-state index < -0.39 is 0 Å². The van der Waals surface area contributed by atoms with Crippen LogP contribution in [-0.2, 0) is 0 Å². The molecule has 0 bridgehead atoms. The molecule has 1 aliphatic rings. The van der Waals surface area contributed by atoms with Gasteiger partial charge in [-0.15, -0.1) is 0 Å². The summed E-state index contributed by atoms with van der Waals surface area (Å²) in [6, 6.07) is 0. The minimum atomic E-state index is 0.657. The van der Waals surface area contributed by atoms with Crippen molar-refractivity contribution in [3.63, 3.8) is 0 Å². The zero-order chi connectivity index (χ0) is 5.28. The van der Waals surface area contributed by atoms with Crippen molar-refractivity contribution in [3.05, 3.63) is 0 Å². The van der Waals surface area contributed by atoms with Gasteiger partial charge in [-0.3, -0.25) is 0 Å². The minimum absolute atomic E-state index is 0.657. The highest BCUT2D eigenvalue weighted by Crippen LogP contribution is 2.31. The van der Waals surface area contributed by atoms with Crippen molar-refractivity contribution in [1.29, 1.82) is 0 Å². The van der Waals surface area contributed by atoms with Crippen LogP contribution in [0.15, 0.2) is 0 Å². The maximum atomic E-state index is 6.95. The van der Waals surface area contributed by atoms with E-state index in [1.807, 2.05) is 0 Å². The van der Waals surface area contributed by atoms with Crippen LogP contribution in [0.25, 0.3) is 0 Å². The Morgan fingerprint density at radius 2 is 2.17 bits per heavy atom. The van der Waals surface area contributed by atoms with Crippen LogP contribution in [0.3, 0.4) is 0 Å². The van der Waals surface area contributed by atoms with E-state index in [-0.39, 0.29) is 0 Å². The Hall–Kier alpha value is 0. The SMILES string of the molecule is [3H]CC1CC(C)C1. The van der Waals surface area contributed by atoms with Crippen molar-refractivity contribution < 1.29 is 1.37 Å². The van der Waals surface area contributed by atoms with Crippen molar-refractivity contribution in [2.24, 2.45) is 11.8 Å². The lowest BCUT2D eigenvalue weighted by atomic mass is 9.78. The Labute approximate surface area is 41.0 Å². The maximum Gasteiger partial charge on any atom is 0.0233 e. The normalized spacial score (nSPS) is 47.2. The summed E-state index contributed by atoms with van der Waals surface area (Å²) in [6.45, 7) is 2.91. The van der Waals surface area contributed by atoms with E-state index >= 15 is 0 Å². The molecule has 0 heteroatoms. The molecule has 0 aromatic heterocycles. The minimum Gasteiger partial charge on any atom is -0.0625 e. The molecule has 36 valence electrons. The molecule has 0 amide bonds. The van der Waals surface area contributed by atoms with Crippen LogP contribution in [0.1, 0.15) is 28.0 Å². The smallest absolute Gasteiger partial charge is 0.0233 e. The summed E-state index contributed by atoms with van der Waals surface area (Å²) in [5, 5.41) is 0. The average molecular weight is 86.2 g/mol. The summed E-state index contributed by atoms with van der Waals surface area (Å²) in [7, 11) is 0. The molecular formula is C6H12. The van der Waals surface area contributed by atoms with Crippen molar-refractivity contribution in [2.75, 3.05) is 0 Å². The summed E-state index contributed by atoms with van der Waals surface area (Å²) < 4.78 is 6.95. The highest BCUT2D eigenvalue weighted by atomic mass is 14.2. The zero-order valence-corrected chi connectivity index (χ0v) is 4.28. The molecule has 0 unspecified atom stereocenters. The van der Waals surface area contributed by atoms with Crippen molar-refractivity contribution in [2.45, 2.75) is 26.7 Å². The Kier molecular flexibility index (Phi) is 0.638. The standard InChI is InChI=1S/C6H12/c1-5-3-6(2)4-5/h5-6H,3-4H2,1-2H3/i1T. The summed E-state index contributed by atoms with van der Waals surface area (Å²) in [6.07, 6.45) is 2.62. The second-order valence-electron chi connectivity index (χ2n) is 2.44. The Bertz CT molecular complexity index is 55.2. The average Bonchev–Trinajstić information content (AvgIpc) is 1.58. The molecular weight excluding hydrogens is 72.1 g/mol. The molecule has 6 heavy (non-hydrogen) atoms. The van der Waals surface area contributed by atoms with Gasteiger partial charge in [0.05, 0.1) is 0 Å². The van der Waals surface area contributed by atoms with Gasteiger partial charge in [0.25, 0.3) is 0 Å². The van der Waals surface area contributed by atoms with E-state index in [2.05, 4.69) is 6.92 Å². The first-order valence-corrected chi connectivity index (χ1v) is 2.62. The van der Waals surface area contributed by atoms with Crippen LogP contribution in [0.4, 0.5) is 0 Å². The molecule has 0 nitrogen and oxygen atoms in total. The third-order valence-electron chi connectivity index (χ3n) is 1.47. The highest BCUT2D eigenvalue weighted by molar-refractivity contribution is 4.71. The lowest BCUT2D eigenvalue weighted by molar-refractivity contribution is 0.233. The predicted molar refractivity (Wildman–Crippen MR) is 27.6 cm³/mol. The van der Waals surface area contributed by atoms with Crippen LogP contribution in [-0.4, -0.2) is 0 Å². The molecule has 0 aromatic carbocycles. The van der Waals surface area contributed by atoms with Gasteiger partial charge in [0.1, 0.15) is 0 Å². The van der Waals surface area contributed by atoms with Gasteiger partial charge in [0, 0.05) is 1.37 Å². The van der Waals surface area contributed by atoms with Gasteiger partial charge in [0.2, 0.25) is 0 Å².